The first kappa shape index (κ1) is 11.5. The third-order valence-electron chi connectivity index (χ3n) is 5.60. The molecule has 15 heavy (non-hydrogen) atoms. The van der Waals surface area contributed by atoms with Crippen LogP contribution in [0.1, 0.15) is 59.8 Å². The summed E-state index contributed by atoms with van der Waals surface area (Å²) in [5.41, 5.74) is 0. The maximum atomic E-state index is 2.49. The Morgan fingerprint density at radius 1 is 0.733 bits per heavy atom. The average molecular weight is 208 g/mol. The summed E-state index contributed by atoms with van der Waals surface area (Å²) < 4.78 is 0. The van der Waals surface area contributed by atoms with E-state index in [4.69, 9.17) is 0 Å². The van der Waals surface area contributed by atoms with Crippen LogP contribution >= 0.6 is 0 Å². The molecule has 0 heterocycles. The molecule has 2 aliphatic rings. The van der Waals surface area contributed by atoms with Crippen molar-refractivity contribution in [1.82, 2.24) is 0 Å². The van der Waals surface area contributed by atoms with Crippen molar-refractivity contribution in [3.8, 4) is 0 Å². The molecule has 0 bridgehead atoms. The van der Waals surface area contributed by atoms with Gasteiger partial charge in [-0.2, -0.15) is 0 Å². The molecule has 0 aromatic carbocycles. The summed E-state index contributed by atoms with van der Waals surface area (Å²) in [6.07, 6.45) is 7.52. The van der Waals surface area contributed by atoms with Crippen molar-refractivity contribution in [2.75, 3.05) is 0 Å². The molecule has 0 radical (unpaired) electrons. The number of rotatable bonds is 1. The van der Waals surface area contributed by atoms with E-state index in [1.165, 1.54) is 25.7 Å². The second kappa shape index (κ2) is 4.47. The summed E-state index contributed by atoms with van der Waals surface area (Å²) in [5, 5.41) is 0. The van der Waals surface area contributed by atoms with E-state index in [0.29, 0.717) is 0 Å². The molecule has 0 amide bonds. The first-order chi connectivity index (χ1) is 7.11. The molecule has 0 saturated heterocycles. The zero-order valence-corrected chi connectivity index (χ0v) is 11.0. The van der Waals surface area contributed by atoms with Gasteiger partial charge in [-0.25, -0.2) is 0 Å². The molecule has 6 unspecified atom stereocenters. The van der Waals surface area contributed by atoms with Crippen LogP contribution in [0.5, 0.6) is 0 Å². The van der Waals surface area contributed by atoms with Crippen LogP contribution in [-0.4, -0.2) is 0 Å². The molecular weight excluding hydrogens is 180 g/mol. The van der Waals surface area contributed by atoms with Gasteiger partial charge in [-0.05, 0) is 61.2 Å². The Morgan fingerprint density at radius 2 is 1.20 bits per heavy atom. The second-order valence-corrected chi connectivity index (χ2v) is 6.56. The quantitative estimate of drug-likeness (QED) is 0.584. The van der Waals surface area contributed by atoms with E-state index < -0.39 is 0 Å². The molecule has 0 spiro atoms. The smallest absolute Gasteiger partial charge is 0.0380 e. The van der Waals surface area contributed by atoms with Gasteiger partial charge in [0.15, 0.2) is 0 Å². The van der Waals surface area contributed by atoms with E-state index in [2.05, 4.69) is 27.7 Å². The maximum Gasteiger partial charge on any atom is -0.0380 e. The lowest BCUT2D eigenvalue weighted by atomic mass is 9.59. The second-order valence-electron chi connectivity index (χ2n) is 6.56. The summed E-state index contributed by atoms with van der Waals surface area (Å²) in [6.45, 7) is 9.82. The minimum atomic E-state index is 0.983. The highest BCUT2D eigenvalue weighted by Crippen LogP contribution is 2.49. The van der Waals surface area contributed by atoms with Crippen LogP contribution in [0.3, 0.4) is 0 Å². The Hall–Kier alpha value is 0. The van der Waals surface area contributed by atoms with Crippen molar-refractivity contribution >= 4 is 0 Å². The summed E-state index contributed by atoms with van der Waals surface area (Å²) in [5.74, 6) is 6.16. The van der Waals surface area contributed by atoms with Gasteiger partial charge in [0.2, 0.25) is 0 Å². The molecular formula is C15H28. The van der Waals surface area contributed by atoms with Crippen molar-refractivity contribution in [3.63, 3.8) is 0 Å². The van der Waals surface area contributed by atoms with Crippen molar-refractivity contribution in [1.29, 1.82) is 0 Å². The summed E-state index contributed by atoms with van der Waals surface area (Å²) in [7, 11) is 0. The average Bonchev–Trinajstić information content (AvgIpc) is 2.20. The van der Waals surface area contributed by atoms with Crippen LogP contribution in [0.25, 0.3) is 0 Å². The number of hydrogen-bond donors (Lipinski definition) is 0. The fourth-order valence-corrected chi connectivity index (χ4v) is 4.24. The Bertz CT molecular complexity index is 208. The first-order valence-corrected chi connectivity index (χ1v) is 7.11. The third kappa shape index (κ3) is 2.24. The van der Waals surface area contributed by atoms with Gasteiger partial charge in [0.1, 0.15) is 0 Å². The topological polar surface area (TPSA) is 0 Å². The molecule has 6 atom stereocenters. The fraction of sp³-hybridized carbons (Fsp3) is 1.00. The Kier molecular flexibility index (Phi) is 3.42. The van der Waals surface area contributed by atoms with E-state index in [0.717, 1.165) is 35.5 Å². The van der Waals surface area contributed by atoms with E-state index in [1.54, 1.807) is 6.42 Å². The molecule has 88 valence electrons. The SMILES string of the molecule is CCC1CC2CC(C)C(C)CC2CC1C. The Labute approximate surface area is 95.8 Å². The third-order valence-corrected chi connectivity index (χ3v) is 5.60. The molecule has 2 rings (SSSR count). The van der Waals surface area contributed by atoms with Gasteiger partial charge >= 0.3 is 0 Å². The van der Waals surface area contributed by atoms with Crippen molar-refractivity contribution in [2.24, 2.45) is 35.5 Å². The van der Waals surface area contributed by atoms with Crippen LogP contribution in [0.2, 0.25) is 0 Å². The van der Waals surface area contributed by atoms with E-state index in [1.807, 2.05) is 0 Å². The zero-order valence-electron chi connectivity index (χ0n) is 11.0. The van der Waals surface area contributed by atoms with Gasteiger partial charge in [-0.1, -0.05) is 34.1 Å². The molecule has 0 aliphatic heterocycles. The molecule has 0 aromatic heterocycles. The van der Waals surface area contributed by atoms with Gasteiger partial charge in [-0.3, -0.25) is 0 Å². The predicted molar refractivity (Wildman–Crippen MR) is 66.7 cm³/mol. The molecule has 0 aromatic rings. The van der Waals surface area contributed by atoms with Crippen LogP contribution < -0.4 is 0 Å². The number of hydrogen-bond acceptors (Lipinski definition) is 0. The largest absolute Gasteiger partial charge is 0.0651 e. The lowest BCUT2D eigenvalue weighted by molar-refractivity contribution is 0.0390. The summed E-state index contributed by atoms with van der Waals surface area (Å²) in [4.78, 5) is 0. The van der Waals surface area contributed by atoms with Gasteiger partial charge in [0, 0.05) is 0 Å². The molecule has 2 aliphatic carbocycles. The molecule has 0 nitrogen and oxygen atoms in total. The summed E-state index contributed by atoms with van der Waals surface area (Å²) >= 11 is 0. The van der Waals surface area contributed by atoms with Gasteiger partial charge < -0.3 is 0 Å². The van der Waals surface area contributed by atoms with Gasteiger partial charge in [0.05, 0.1) is 0 Å². The predicted octanol–water partition coefficient (Wildman–Crippen LogP) is 4.74. The zero-order chi connectivity index (χ0) is 11.0. The van der Waals surface area contributed by atoms with Crippen molar-refractivity contribution in [2.45, 2.75) is 59.8 Å². The molecule has 2 saturated carbocycles. The minimum absolute atomic E-state index is 0.983. The Morgan fingerprint density at radius 3 is 1.73 bits per heavy atom. The van der Waals surface area contributed by atoms with Crippen LogP contribution in [0.4, 0.5) is 0 Å². The lowest BCUT2D eigenvalue weighted by Crippen LogP contribution is -2.37. The maximum absolute atomic E-state index is 2.49. The van der Waals surface area contributed by atoms with E-state index in [-0.39, 0.29) is 0 Å². The first-order valence-electron chi connectivity index (χ1n) is 7.11. The standard InChI is InChI=1S/C15H28/c1-5-13-9-15-7-11(3)10(2)6-14(15)8-12(13)4/h10-15H,5-9H2,1-4H3. The molecule has 0 heteroatoms. The van der Waals surface area contributed by atoms with E-state index in [9.17, 15) is 0 Å². The lowest BCUT2D eigenvalue weighted by Gasteiger charge is -2.46. The van der Waals surface area contributed by atoms with E-state index >= 15 is 0 Å². The molecule has 0 N–H and O–H groups in total. The van der Waals surface area contributed by atoms with Crippen molar-refractivity contribution in [3.05, 3.63) is 0 Å². The highest BCUT2D eigenvalue weighted by molar-refractivity contribution is 4.89. The molecule has 2 fully saturated rings. The van der Waals surface area contributed by atoms with Crippen LogP contribution in [0, 0.1) is 35.5 Å². The van der Waals surface area contributed by atoms with Crippen LogP contribution in [0.15, 0.2) is 0 Å². The normalized spacial score (nSPS) is 51.2. The monoisotopic (exact) mass is 208 g/mol. The van der Waals surface area contributed by atoms with Crippen molar-refractivity contribution < 1.29 is 0 Å². The highest BCUT2D eigenvalue weighted by Gasteiger charge is 2.39. The van der Waals surface area contributed by atoms with Gasteiger partial charge in [-0.15, -0.1) is 0 Å². The minimum Gasteiger partial charge on any atom is -0.0651 e. The highest BCUT2D eigenvalue weighted by atomic mass is 14.4. The van der Waals surface area contributed by atoms with Gasteiger partial charge in [0.25, 0.3) is 0 Å². The fourth-order valence-electron chi connectivity index (χ4n) is 4.24. The summed E-state index contributed by atoms with van der Waals surface area (Å²) in [6, 6.07) is 0. The van der Waals surface area contributed by atoms with Crippen LogP contribution in [-0.2, 0) is 0 Å². The number of fused-ring (bicyclic) bond motifs is 1. The Balaban J connectivity index is 2.01.